The zero-order valence-corrected chi connectivity index (χ0v) is 14.1. The first-order valence-electron chi connectivity index (χ1n) is 7.18. The third-order valence-corrected chi connectivity index (χ3v) is 3.82. The molecule has 1 atom stereocenters. The maximum absolute atomic E-state index is 13.7. The number of nitrogens with one attached hydrogen (secondary N) is 1. The predicted molar refractivity (Wildman–Crippen MR) is 89.3 cm³/mol. The number of hydrogen-bond donors (Lipinski definition) is 2. The molecule has 2 aromatic carbocycles. The first-order chi connectivity index (χ1) is 12.3. The van der Waals surface area contributed by atoms with Crippen molar-refractivity contribution in [2.24, 2.45) is 0 Å². The minimum atomic E-state index is -1.62. The fourth-order valence-corrected chi connectivity index (χ4v) is 2.50. The summed E-state index contributed by atoms with van der Waals surface area (Å²) >= 11 is 5.92. The van der Waals surface area contributed by atoms with Crippen molar-refractivity contribution in [1.29, 1.82) is 0 Å². The van der Waals surface area contributed by atoms with Crippen molar-refractivity contribution < 1.29 is 28.3 Å². The number of halogens is 3. The summed E-state index contributed by atoms with van der Waals surface area (Å²) in [6, 6.07) is 5.10. The quantitative estimate of drug-likeness (QED) is 0.448. The van der Waals surface area contributed by atoms with Gasteiger partial charge in [-0.05, 0) is 18.2 Å². The Morgan fingerprint density at radius 3 is 2.54 bits per heavy atom. The Morgan fingerprint density at radius 1 is 1.38 bits per heavy atom. The molecule has 0 aliphatic rings. The molecule has 10 heteroatoms. The van der Waals surface area contributed by atoms with Crippen LogP contribution in [-0.4, -0.2) is 29.7 Å². The molecule has 0 aromatic heterocycles. The molecule has 0 amide bonds. The number of nitrogens with zero attached hydrogens (tertiary/aromatic N) is 1. The van der Waals surface area contributed by atoms with Crippen LogP contribution in [0, 0.1) is 21.7 Å². The van der Waals surface area contributed by atoms with Gasteiger partial charge >= 0.3 is 5.97 Å². The van der Waals surface area contributed by atoms with Crippen LogP contribution in [0.1, 0.15) is 22.0 Å². The number of aliphatic hydroxyl groups excluding tert-OH is 1. The fraction of sp³-hybridized carbons (Fsp3) is 0.188. The normalized spacial score (nSPS) is 11.7. The Morgan fingerprint density at radius 2 is 2.00 bits per heavy atom. The van der Waals surface area contributed by atoms with Crippen molar-refractivity contribution in [2.45, 2.75) is 6.10 Å². The molecule has 2 rings (SSSR count). The lowest BCUT2D eigenvalue weighted by molar-refractivity contribution is -0.384. The topological polar surface area (TPSA) is 102 Å². The van der Waals surface area contributed by atoms with E-state index in [0.29, 0.717) is 0 Å². The minimum Gasteiger partial charge on any atom is -0.465 e. The van der Waals surface area contributed by atoms with Crippen molar-refractivity contribution >= 4 is 28.9 Å². The summed E-state index contributed by atoms with van der Waals surface area (Å²) in [5, 5.41) is 23.6. The molecule has 0 bridgehead atoms. The van der Waals surface area contributed by atoms with Crippen LogP contribution in [0.4, 0.5) is 20.2 Å². The van der Waals surface area contributed by atoms with E-state index in [-0.39, 0.29) is 16.3 Å². The first-order valence-corrected chi connectivity index (χ1v) is 7.56. The first kappa shape index (κ1) is 19.5. The zero-order chi connectivity index (χ0) is 19.4. The summed E-state index contributed by atoms with van der Waals surface area (Å²) < 4.78 is 31.8. The molecule has 138 valence electrons. The maximum Gasteiger partial charge on any atom is 0.339 e. The van der Waals surface area contributed by atoms with Gasteiger partial charge < -0.3 is 15.2 Å². The average Bonchev–Trinajstić information content (AvgIpc) is 2.58. The predicted octanol–water partition coefficient (Wildman–Crippen LogP) is 3.46. The van der Waals surface area contributed by atoms with Gasteiger partial charge in [0.1, 0.15) is 23.4 Å². The second kappa shape index (κ2) is 8.07. The number of carbonyl (C=O) groups is 1. The number of anilines is 1. The molecule has 26 heavy (non-hydrogen) atoms. The highest BCUT2D eigenvalue weighted by molar-refractivity contribution is 6.34. The number of ether oxygens (including phenoxy) is 1. The van der Waals surface area contributed by atoms with E-state index < -0.39 is 46.4 Å². The SMILES string of the molecule is COC(=O)c1cc([N+](=O)[O-])c(NCC(O)c2c(F)cccc2F)cc1Cl. The Kier molecular flexibility index (Phi) is 6.06. The molecule has 0 saturated heterocycles. The number of nitro groups is 1. The number of carbonyl (C=O) groups excluding carboxylic acids is 1. The summed E-state index contributed by atoms with van der Waals surface area (Å²) in [5.41, 5.74) is -1.44. The average molecular weight is 387 g/mol. The van der Waals surface area contributed by atoms with Gasteiger partial charge in [-0.25, -0.2) is 13.6 Å². The van der Waals surface area contributed by atoms with E-state index in [9.17, 15) is 28.8 Å². The molecule has 7 nitrogen and oxygen atoms in total. The van der Waals surface area contributed by atoms with Crippen LogP contribution in [-0.2, 0) is 4.74 Å². The Balaban J connectivity index is 2.30. The highest BCUT2D eigenvalue weighted by atomic mass is 35.5. The van der Waals surface area contributed by atoms with Crippen LogP contribution in [0.2, 0.25) is 5.02 Å². The van der Waals surface area contributed by atoms with E-state index in [1.54, 1.807) is 0 Å². The van der Waals surface area contributed by atoms with Gasteiger partial charge in [0, 0.05) is 12.6 Å². The highest BCUT2D eigenvalue weighted by Gasteiger charge is 2.23. The lowest BCUT2D eigenvalue weighted by atomic mass is 10.1. The number of nitro benzene ring substituents is 1. The van der Waals surface area contributed by atoms with Gasteiger partial charge in [-0.3, -0.25) is 10.1 Å². The lowest BCUT2D eigenvalue weighted by Crippen LogP contribution is -2.16. The summed E-state index contributed by atoms with van der Waals surface area (Å²) in [5.74, 6) is -2.76. The summed E-state index contributed by atoms with van der Waals surface area (Å²) in [6.45, 7) is -0.438. The zero-order valence-electron chi connectivity index (χ0n) is 13.3. The van der Waals surface area contributed by atoms with Crippen LogP contribution in [0.5, 0.6) is 0 Å². The van der Waals surface area contributed by atoms with E-state index in [1.807, 2.05) is 0 Å². The van der Waals surface area contributed by atoms with E-state index in [1.165, 1.54) is 0 Å². The van der Waals surface area contributed by atoms with Crippen LogP contribution in [0.3, 0.4) is 0 Å². The van der Waals surface area contributed by atoms with Crippen LogP contribution in [0.15, 0.2) is 30.3 Å². The number of hydrogen-bond acceptors (Lipinski definition) is 6. The van der Waals surface area contributed by atoms with Crippen molar-refractivity contribution in [3.8, 4) is 0 Å². The lowest BCUT2D eigenvalue weighted by Gasteiger charge is -2.15. The van der Waals surface area contributed by atoms with Crippen LogP contribution in [0.25, 0.3) is 0 Å². The summed E-state index contributed by atoms with van der Waals surface area (Å²) in [7, 11) is 1.09. The second-order valence-electron chi connectivity index (χ2n) is 5.13. The third kappa shape index (κ3) is 4.06. The van der Waals surface area contributed by atoms with Crippen molar-refractivity contribution in [3.63, 3.8) is 0 Å². The van der Waals surface area contributed by atoms with Crippen molar-refractivity contribution in [3.05, 3.63) is 68.2 Å². The Labute approximate surface area is 151 Å². The van der Waals surface area contributed by atoms with Gasteiger partial charge in [-0.2, -0.15) is 0 Å². The largest absolute Gasteiger partial charge is 0.465 e. The third-order valence-electron chi connectivity index (χ3n) is 3.51. The van der Waals surface area contributed by atoms with Crippen molar-refractivity contribution in [2.75, 3.05) is 19.0 Å². The smallest absolute Gasteiger partial charge is 0.339 e. The number of aliphatic hydroxyl groups is 1. The number of rotatable bonds is 6. The Hall–Kier alpha value is -2.78. The number of esters is 1. The van der Waals surface area contributed by atoms with Crippen LogP contribution < -0.4 is 5.32 Å². The van der Waals surface area contributed by atoms with Crippen molar-refractivity contribution in [1.82, 2.24) is 0 Å². The molecule has 0 spiro atoms. The molecular formula is C16H13ClF2N2O5. The minimum absolute atomic E-state index is 0.128. The van der Waals surface area contributed by atoms with E-state index in [0.717, 1.165) is 37.4 Å². The van der Waals surface area contributed by atoms with Gasteiger partial charge in [0.05, 0.1) is 28.2 Å². The molecule has 1 unspecified atom stereocenters. The van der Waals surface area contributed by atoms with Gasteiger partial charge in [0.25, 0.3) is 5.69 Å². The molecule has 0 aliphatic carbocycles. The molecule has 0 heterocycles. The fourth-order valence-electron chi connectivity index (χ4n) is 2.26. The van der Waals surface area contributed by atoms with Gasteiger partial charge in [0.2, 0.25) is 0 Å². The number of benzene rings is 2. The maximum atomic E-state index is 13.7. The molecule has 0 fully saturated rings. The molecule has 2 N–H and O–H groups in total. The Bertz CT molecular complexity index is 843. The van der Waals surface area contributed by atoms with E-state index >= 15 is 0 Å². The van der Waals surface area contributed by atoms with Gasteiger partial charge in [-0.1, -0.05) is 17.7 Å². The van der Waals surface area contributed by atoms with Crippen LogP contribution >= 0.6 is 11.6 Å². The van der Waals surface area contributed by atoms with Gasteiger partial charge in [-0.15, -0.1) is 0 Å². The second-order valence-corrected chi connectivity index (χ2v) is 5.54. The molecular weight excluding hydrogens is 374 g/mol. The number of methoxy groups -OCH3 is 1. The highest BCUT2D eigenvalue weighted by Crippen LogP contribution is 2.32. The summed E-state index contributed by atoms with van der Waals surface area (Å²) in [4.78, 5) is 22.0. The van der Waals surface area contributed by atoms with Gasteiger partial charge in [0.15, 0.2) is 0 Å². The van der Waals surface area contributed by atoms with E-state index in [2.05, 4.69) is 10.1 Å². The molecule has 2 aromatic rings. The van der Waals surface area contributed by atoms with E-state index in [4.69, 9.17) is 11.6 Å². The summed E-state index contributed by atoms with van der Waals surface area (Å²) in [6.07, 6.45) is -1.62. The molecule has 0 radical (unpaired) electrons. The monoisotopic (exact) mass is 386 g/mol. The molecule has 0 aliphatic heterocycles. The standard InChI is InChI=1S/C16H13ClF2N2O5/c1-26-16(23)8-5-13(21(24)25)12(6-9(8)17)20-7-14(22)15-10(18)3-2-4-11(15)19/h2-6,14,20,22H,7H2,1H3. The molecule has 0 saturated carbocycles.